The minimum atomic E-state index is -4.38. The molecule has 0 spiro atoms. The molecule has 0 aromatic rings. The molecule has 2 atom stereocenters. The molecule has 2 unspecified atom stereocenters. The molecule has 0 amide bonds. The van der Waals surface area contributed by atoms with E-state index in [2.05, 4.69) is 28.4 Å². The van der Waals surface area contributed by atoms with Crippen LogP contribution < -0.4 is 0 Å². The number of hydrogen-bond acceptors (Lipinski definition) is 5. The van der Waals surface area contributed by atoms with Gasteiger partial charge in [0.1, 0.15) is 0 Å². The van der Waals surface area contributed by atoms with E-state index in [1.54, 1.807) is 0 Å². The molecule has 2 N–H and O–H groups in total. The number of rotatable bonds is 7. The van der Waals surface area contributed by atoms with Crippen LogP contribution in [0.1, 0.15) is 0 Å². The average molecular weight is 288 g/mol. The third kappa shape index (κ3) is 5.19. The van der Waals surface area contributed by atoms with Gasteiger partial charge < -0.3 is 9.79 Å². The van der Waals surface area contributed by atoms with Gasteiger partial charge >= 0.3 is 22.8 Å². The molecule has 92 valence electrons. The van der Waals surface area contributed by atoms with Crippen LogP contribution in [0.3, 0.4) is 0 Å². The van der Waals surface area contributed by atoms with Crippen molar-refractivity contribution in [3.8, 4) is 0 Å². The molecule has 0 radical (unpaired) electrons. The maximum absolute atomic E-state index is 11.6. The van der Waals surface area contributed by atoms with Crippen molar-refractivity contribution in [2.45, 2.75) is 0 Å². The molecule has 16 heavy (non-hydrogen) atoms. The van der Waals surface area contributed by atoms with Gasteiger partial charge in [0.05, 0.1) is 0 Å². The smallest absolute Gasteiger partial charge is 0.321 e. The van der Waals surface area contributed by atoms with E-state index in [0.717, 1.165) is 0 Å². The molecule has 0 heterocycles. The Morgan fingerprint density at radius 2 is 1.12 bits per heavy atom. The Morgan fingerprint density at radius 1 is 0.812 bits per heavy atom. The Balaban J connectivity index is 5.11. The van der Waals surface area contributed by atoms with E-state index in [0.29, 0.717) is 17.5 Å². The summed E-state index contributed by atoms with van der Waals surface area (Å²) in [4.78, 5) is 18.0. The minimum Gasteiger partial charge on any atom is -0.321 e. The lowest BCUT2D eigenvalue weighted by atomic mass is 11.3. The second kappa shape index (κ2) is 5.39. The van der Waals surface area contributed by atoms with Crippen LogP contribution in [0.15, 0.2) is 37.2 Å². The van der Waals surface area contributed by atoms with Crippen LogP contribution in [0, 0.1) is 0 Å². The van der Waals surface area contributed by atoms with Crippen molar-refractivity contribution in [1.82, 2.24) is 0 Å². The molecule has 0 aliphatic carbocycles. The summed E-state index contributed by atoms with van der Waals surface area (Å²) in [6.45, 7) is 8.96. The highest BCUT2D eigenvalue weighted by Crippen LogP contribution is 2.70. The zero-order valence-electron chi connectivity index (χ0n) is 8.13. The first-order valence-electron chi connectivity index (χ1n) is 3.68. The van der Waals surface area contributed by atoms with Gasteiger partial charge in [-0.2, -0.15) is 0 Å². The van der Waals surface area contributed by atoms with Crippen molar-refractivity contribution in [2.24, 2.45) is 0 Å². The van der Waals surface area contributed by atoms with Gasteiger partial charge in [0, 0.05) is 17.5 Å². The highest BCUT2D eigenvalue weighted by atomic mass is 31.3. The van der Waals surface area contributed by atoms with E-state index in [1.807, 2.05) is 0 Å². The summed E-state index contributed by atoms with van der Waals surface area (Å²) in [6, 6.07) is 0. The lowest BCUT2D eigenvalue weighted by Gasteiger charge is -2.17. The normalized spacial score (nSPS) is 22.1. The monoisotopic (exact) mass is 288 g/mol. The predicted molar refractivity (Wildman–Crippen MR) is 60.0 cm³/mol. The average Bonchev–Trinajstić information content (AvgIpc) is 2.16. The first kappa shape index (κ1) is 15.8. The fourth-order valence-corrected chi connectivity index (χ4v) is 4.54. The maximum atomic E-state index is 11.6. The second-order valence-corrected chi connectivity index (χ2v) is 8.12. The van der Waals surface area contributed by atoms with Gasteiger partial charge in [-0.25, -0.2) is 8.62 Å². The SMILES string of the molecule is C=CP(=O)(O)OP(=O)(C=C)OP(=O)(O)C=C. The van der Waals surface area contributed by atoms with E-state index in [-0.39, 0.29) is 0 Å². The highest BCUT2D eigenvalue weighted by molar-refractivity contribution is 7.75. The molecule has 0 aliphatic heterocycles. The fourth-order valence-electron chi connectivity index (χ4n) is 0.474. The topological polar surface area (TPSA) is 110 Å². The molecular weight excluding hydrogens is 277 g/mol. The van der Waals surface area contributed by atoms with Gasteiger partial charge in [0.2, 0.25) is 0 Å². The third-order valence-corrected chi connectivity index (χ3v) is 6.21. The van der Waals surface area contributed by atoms with Gasteiger partial charge in [0.15, 0.2) is 0 Å². The first-order valence-corrected chi connectivity index (χ1v) is 8.58. The molecule has 0 rings (SSSR count). The third-order valence-electron chi connectivity index (χ3n) is 1.15. The van der Waals surface area contributed by atoms with Crippen LogP contribution >= 0.6 is 22.8 Å². The van der Waals surface area contributed by atoms with Gasteiger partial charge in [0.25, 0.3) is 0 Å². The summed E-state index contributed by atoms with van der Waals surface area (Å²) < 4.78 is 42.1. The van der Waals surface area contributed by atoms with E-state index in [1.165, 1.54) is 0 Å². The zero-order chi connectivity index (χ0) is 13.0. The number of hydrogen-bond donors (Lipinski definition) is 2. The fraction of sp³-hybridized carbons (Fsp3) is 0. The highest BCUT2D eigenvalue weighted by Gasteiger charge is 2.36. The van der Waals surface area contributed by atoms with Crippen LogP contribution in [-0.2, 0) is 22.3 Å². The largest absolute Gasteiger partial charge is 0.368 e. The molecule has 0 aromatic carbocycles. The molecule has 0 aliphatic rings. The van der Waals surface area contributed by atoms with Crippen LogP contribution in [0.4, 0.5) is 0 Å². The van der Waals surface area contributed by atoms with Crippen LogP contribution in [0.5, 0.6) is 0 Å². The Kier molecular flexibility index (Phi) is 5.30. The summed E-state index contributed by atoms with van der Waals surface area (Å²) >= 11 is 0. The molecular formula is C6H11O7P3. The van der Waals surface area contributed by atoms with Gasteiger partial charge in [-0.05, 0) is 0 Å². The standard InChI is InChI=1S/C6H11O7P3/c1-4-14(7,8)12-16(11,6-3)13-15(9,10)5-2/h4-6H,1-3H2,(H,7,8)(H,9,10). The van der Waals surface area contributed by atoms with Gasteiger partial charge in [-0.1, -0.05) is 19.7 Å². The Labute approximate surface area is 92.7 Å². The van der Waals surface area contributed by atoms with E-state index in [9.17, 15) is 13.7 Å². The minimum absolute atomic E-state index is 0.503. The summed E-state index contributed by atoms with van der Waals surface area (Å²) in [7, 11) is -13.1. The van der Waals surface area contributed by atoms with Crippen molar-refractivity contribution in [2.75, 3.05) is 0 Å². The van der Waals surface area contributed by atoms with Gasteiger partial charge in [-0.3, -0.25) is 13.7 Å². The molecule has 7 nitrogen and oxygen atoms in total. The first-order chi connectivity index (χ1) is 7.10. The Hall–Kier alpha value is -0.250. The molecule has 0 aromatic heterocycles. The maximum Gasteiger partial charge on any atom is 0.368 e. The summed E-state index contributed by atoms with van der Waals surface area (Å²) in [5.41, 5.74) is 0. The van der Waals surface area contributed by atoms with Gasteiger partial charge in [-0.15, -0.1) is 0 Å². The molecule has 0 fully saturated rings. The summed E-state index contributed by atoms with van der Waals surface area (Å²) in [6.07, 6.45) is 0. The van der Waals surface area contributed by atoms with Crippen molar-refractivity contribution < 1.29 is 32.1 Å². The van der Waals surface area contributed by atoms with Crippen molar-refractivity contribution >= 4 is 22.8 Å². The summed E-state index contributed by atoms with van der Waals surface area (Å²) in [5.74, 6) is 1.54. The molecule has 0 saturated heterocycles. The van der Waals surface area contributed by atoms with Crippen LogP contribution in [-0.4, -0.2) is 9.79 Å². The quantitative estimate of drug-likeness (QED) is 0.692. The Bertz CT molecular complexity index is 405. The zero-order valence-corrected chi connectivity index (χ0v) is 10.8. The molecule has 0 bridgehead atoms. The lowest BCUT2D eigenvalue weighted by molar-refractivity contribution is 0.331. The molecule has 10 heteroatoms. The van der Waals surface area contributed by atoms with E-state index in [4.69, 9.17) is 9.79 Å². The van der Waals surface area contributed by atoms with Crippen molar-refractivity contribution in [1.29, 1.82) is 0 Å². The lowest BCUT2D eigenvalue weighted by Crippen LogP contribution is -1.89. The van der Waals surface area contributed by atoms with E-state index < -0.39 is 22.8 Å². The Morgan fingerprint density at radius 3 is 1.31 bits per heavy atom. The predicted octanol–water partition coefficient (Wildman–Crippen LogP) is 3.01. The van der Waals surface area contributed by atoms with E-state index >= 15 is 0 Å². The second-order valence-electron chi connectivity index (χ2n) is 2.38. The van der Waals surface area contributed by atoms with Crippen LogP contribution in [0.25, 0.3) is 0 Å². The van der Waals surface area contributed by atoms with Crippen molar-refractivity contribution in [3.05, 3.63) is 37.2 Å². The van der Waals surface area contributed by atoms with Crippen molar-refractivity contribution in [3.63, 3.8) is 0 Å². The summed E-state index contributed by atoms with van der Waals surface area (Å²) in [5, 5.41) is 0. The van der Waals surface area contributed by atoms with Crippen LogP contribution in [0.2, 0.25) is 0 Å². The molecule has 0 saturated carbocycles.